The lowest BCUT2D eigenvalue weighted by Crippen LogP contribution is -2.43. The fourth-order valence-electron chi connectivity index (χ4n) is 3.05. The highest BCUT2D eigenvalue weighted by molar-refractivity contribution is 5.96. The van der Waals surface area contributed by atoms with Crippen LogP contribution in [0.4, 0.5) is 10.1 Å². The maximum Gasteiger partial charge on any atom is 0.162 e. The van der Waals surface area contributed by atoms with Crippen LogP contribution in [0.2, 0.25) is 0 Å². The number of rotatable bonds is 9. The lowest BCUT2D eigenvalue weighted by Gasteiger charge is -2.29. The van der Waals surface area contributed by atoms with Crippen LogP contribution in [0.25, 0.3) is 0 Å². The van der Waals surface area contributed by atoms with Crippen LogP contribution < -0.4 is 10.2 Å². The summed E-state index contributed by atoms with van der Waals surface area (Å²) in [7, 11) is 0. The zero-order chi connectivity index (χ0) is 16.5. The molecule has 1 heterocycles. The first-order valence-electron chi connectivity index (χ1n) is 9.00. The van der Waals surface area contributed by atoms with Crippen molar-refractivity contribution in [1.29, 1.82) is 0 Å². The van der Waals surface area contributed by atoms with Crippen molar-refractivity contribution in [3.8, 4) is 0 Å². The Morgan fingerprint density at radius 2 is 1.83 bits per heavy atom. The maximum absolute atomic E-state index is 14.3. The van der Waals surface area contributed by atoms with Crippen LogP contribution in [-0.2, 0) is 0 Å². The van der Waals surface area contributed by atoms with Crippen molar-refractivity contribution >= 4 is 11.5 Å². The summed E-state index contributed by atoms with van der Waals surface area (Å²) in [4.78, 5) is 14.2. The van der Waals surface area contributed by atoms with Gasteiger partial charge < -0.3 is 10.2 Å². The molecule has 23 heavy (non-hydrogen) atoms. The first kappa shape index (κ1) is 17.9. The molecule has 3 nitrogen and oxygen atoms in total. The van der Waals surface area contributed by atoms with Gasteiger partial charge in [0.15, 0.2) is 5.78 Å². The summed E-state index contributed by atoms with van der Waals surface area (Å²) in [6, 6.07) is 4.95. The van der Waals surface area contributed by atoms with Crippen LogP contribution in [0.5, 0.6) is 0 Å². The SMILES string of the molecule is CCCCCCCCC(=O)c1ccc(N2CCNCC2)c(F)c1. The molecule has 1 fully saturated rings. The van der Waals surface area contributed by atoms with E-state index in [9.17, 15) is 9.18 Å². The van der Waals surface area contributed by atoms with Gasteiger partial charge in [0.25, 0.3) is 0 Å². The van der Waals surface area contributed by atoms with Crippen molar-refractivity contribution in [2.75, 3.05) is 31.1 Å². The van der Waals surface area contributed by atoms with Crippen LogP contribution in [0.1, 0.15) is 62.2 Å². The zero-order valence-corrected chi connectivity index (χ0v) is 14.2. The van der Waals surface area contributed by atoms with E-state index in [0.29, 0.717) is 17.7 Å². The lowest BCUT2D eigenvalue weighted by molar-refractivity contribution is 0.0978. The largest absolute Gasteiger partial charge is 0.367 e. The number of nitrogens with one attached hydrogen (secondary N) is 1. The predicted molar refractivity (Wildman–Crippen MR) is 93.8 cm³/mol. The summed E-state index contributed by atoms with van der Waals surface area (Å²) in [6.45, 7) is 5.56. The molecule has 0 spiro atoms. The van der Waals surface area contributed by atoms with Gasteiger partial charge in [0.05, 0.1) is 5.69 Å². The first-order chi connectivity index (χ1) is 11.2. The number of hydrogen-bond acceptors (Lipinski definition) is 3. The first-order valence-corrected chi connectivity index (χ1v) is 9.00. The minimum atomic E-state index is -0.277. The molecule has 4 heteroatoms. The molecule has 0 atom stereocenters. The van der Waals surface area contributed by atoms with Gasteiger partial charge in [0.2, 0.25) is 0 Å². The van der Waals surface area contributed by atoms with E-state index in [2.05, 4.69) is 12.2 Å². The van der Waals surface area contributed by atoms with E-state index < -0.39 is 0 Å². The normalized spacial score (nSPS) is 15.0. The predicted octanol–water partition coefficient (Wildman–Crippen LogP) is 4.17. The van der Waals surface area contributed by atoms with Gasteiger partial charge in [-0.1, -0.05) is 39.0 Å². The zero-order valence-electron chi connectivity index (χ0n) is 14.2. The molecule has 0 saturated carbocycles. The third-order valence-electron chi connectivity index (χ3n) is 4.48. The second-order valence-corrected chi connectivity index (χ2v) is 6.34. The summed E-state index contributed by atoms with van der Waals surface area (Å²) < 4.78 is 14.3. The Labute approximate surface area is 139 Å². The number of Topliss-reactive ketones (excluding diaryl/α,β-unsaturated/α-hetero) is 1. The second kappa shape index (κ2) is 9.66. The van der Waals surface area contributed by atoms with Gasteiger partial charge >= 0.3 is 0 Å². The van der Waals surface area contributed by atoms with E-state index in [1.165, 1.54) is 31.7 Å². The molecule has 0 radical (unpaired) electrons. The second-order valence-electron chi connectivity index (χ2n) is 6.34. The summed E-state index contributed by atoms with van der Waals surface area (Å²) >= 11 is 0. The number of hydrogen-bond donors (Lipinski definition) is 1. The lowest BCUT2D eigenvalue weighted by atomic mass is 10.0. The molecular formula is C19H29FN2O. The van der Waals surface area contributed by atoms with Crippen LogP contribution >= 0.6 is 0 Å². The Morgan fingerprint density at radius 1 is 1.13 bits per heavy atom. The third kappa shape index (κ3) is 5.61. The smallest absolute Gasteiger partial charge is 0.162 e. The number of ketones is 1. The van der Waals surface area contributed by atoms with Crippen LogP contribution in [0, 0.1) is 5.82 Å². The molecule has 1 aromatic rings. The summed E-state index contributed by atoms with van der Waals surface area (Å²) in [5.41, 5.74) is 1.12. The van der Waals surface area contributed by atoms with Crippen molar-refractivity contribution in [3.05, 3.63) is 29.6 Å². The fraction of sp³-hybridized carbons (Fsp3) is 0.632. The van der Waals surface area contributed by atoms with Gasteiger partial charge in [-0.3, -0.25) is 4.79 Å². The highest BCUT2D eigenvalue weighted by Crippen LogP contribution is 2.22. The van der Waals surface area contributed by atoms with Gasteiger partial charge in [-0.25, -0.2) is 4.39 Å². The monoisotopic (exact) mass is 320 g/mol. The maximum atomic E-state index is 14.3. The van der Waals surface area contributed by atoms with Crippen molar-refractivity contribution in [3.63, 3.8) is 0 Å². The molecule has 2 rings (SSSR count). The number of carbonyl (C=O) groups is 1. The molecule has 0 unspecified atom stereocenters. The number of piperazine rings is 1. The van der Waals surface area contributed by atoms with E-state index in [1.807, 2.05) is 4.90 Å². The number of carbonyl (C=O) groups excluding carboxylic acids is 1. The highest BCUT2D eigenvalue weighted by Gasteiger charge is 2.16. The van der Waals surface area contributed by atoms with Crippen LogP contribution in [0.15, 0.2) is 18.2 Å². The topological polar surface area (TPSA) is 32.3 Å². The number of anilines is 1. The van der Waals surface area contributed by atoms with Gasteiger partial charge in [-0.05, 0) is 24.6 Å². The summed E-state index contributed by atoms with van der Waals surface area (Å²) in [6.07, 6.45) is 7.47. The molecule has 1 saturated heterocycles. The average Bonchev–Trinajstić information content (AvgIpc) is 2.58. The van der Waals surface area contributed by atoms with Crippen molar-refractivity contribution < 1.29 is 9.18 Å². The summed E-state index contributed by atoms with van der Waals surface area (Å²) in [5, 5.41) is 3.26. The molecule has 1 aromatic carbocycles. The molecule has 0 aromatic heterocycles. The fourth-order valence-corrected chi connectivity index (χ4v) is 3.05. The van der Waals surface area contributed by atoms with Crippen LogP contribution in [-0.4, -0.2) is 32.0 Å². The third-order valence-corrected chi connectivity index (χ3v) is 4.48. The van der Waals surface area contributed by atoms with E-state index in [4.69, 9.17) is 0 Å². The van der Waals surface area contributed by atoms with Gasteiger partial charge in [-0.2, -0.15) is 0 Å². The average molecular weight is 320 g/mol. The Kier molecular flexibility index (Phi) is 7.53. The molecule has 0 bridgehead atoms. The summed E-state index contributed by atoms with van der Waals surface area (Å²) in [5.74, 6) is -0.216. The highest BCUT2D eigenvalue weighted by atomic mass is 19.1. The van der Waals surface area contributed by atoms with E-state index >= 15 is 0 Å². The molecule has 0 amide bonds. The minimum Gasteiger partial charge on any atom is -0.367 e. The van der Waals surface area contributed by atoms with Crippen molar-refractivity contribution in [2.45, 2.75) is 51.9 Å². The Balaban J connectivity index is 1.83. The van der Waals surface area contributed by atoms with Crippen molar-refractivity contribution in [2.24, 2.45) is 0 Å². The minimum absolute atomic E-state index is 0.0613. The molecule has 1 aliphatic heterocycles. The van der Waals surface area contributed by atoms with E-state index in [1.54, 1.807) is 12.1 Å². The van der Waals surface area contributed by atoms with E-state index in [0.717, 1.165) is 39.0 Å². The van der Waals surface area contributed by atoms with Gasteiger partial charge in [-0.15, -0.1) is 0 Å². The number of unbranched alkanes of at least 4 members (excludes halogenated alkanes) is 5. The number of benzene rings is 1. The van der Waals surface area contributed by atoms with E-state index in [-0.39, 0.29) is 11.6 Å². The van der Waals surface area contributed by atoms with Gasteiger partial charge in [0, 0.05) is 38.2 Å². The Morgan fingerprint density at radius 3 is 2.52 bits per heavy atom. The van der Waals surface area contributed by atoms with Crippen LogP contribution in [0.3, 0.4) is 0 Å². The van der Waals surface area contributed by atoms with Gasteiger partial charge in [0.1, 0.15) is 5.82 Å². The number of halogens is 1. The Hall–Kier alpha value is -1.42. The number of nitrogens with zero attached hydrogens (tertiary/aromatic N) is 1. The molecular weight excluding hydrogens is 291 g/mol. The molecule has 1 N–H and O–H groups in total. The standard InChI is InChI=1S/C19H29FN2O/c1-2-3-4-5-6-7-8-19(23)16-9-10-18(17(20)15-16)22-13-11-21-12-14-22/h9-10,15,21H,2-8,11-14H2,1H3. The quantitative estimate of drug-likeness (QED) is 0.547. The molecule has 128 valence electrons. The molecule has 0 aliphatic carbocycles. The van der Waals surface area contributed by atoms with Crippen molar-refractivity contribution in [1.82, 2.24) is 5.32 Å². The Bertz CT molecular complexity index is 498. The molecule has 1 aliphatic rings.